The van der Waals surface area contributed by atoms with Crippen LogP contribution in [0.3, 0.4) is 0 Å². The van der Waals surface area contributed by atoms with E-state index < -0.39 is 17.7 Å². The number of hydrogen-bond acceptors (Lipinski definition) is 7. The van der Waals surface area contributed by atoms with Crippen molar-refractivity contribution in [2.75, 3.05) is 34.5 Å². The van der Waals surface area contributed by atoms with Gasteiger partial charge in [-0.05, 0) is 56.2 Å². The molecule has 1 atom stereocenters. The molecule has 0 aliphatic carbocycles. The fourth-order valence-electron chi connectivity index (χ4n) is 4.07. The van der Waals surface area contributed by atoms with Crippen LogP contribution in [0.25, 0.3) is 5.76 Å². The first-order valence-corrected chi connectivity index (χ1v) is 12.1. The molecule has 1 heterocycles. The van der Waals surface area contributed by atoms with Gasteiger partial charge in [0.1, 0.15) is 5.76 Å². The van der Waals surface area contributed by atoms with E-state index in [1.165, 1.54) is 44.4 Å². The summed E-state index contributed by atoms with van der Waals surface area (Å²) >= 11 is 12.2. The number of halogens is 2. The minimum atomic E-state index is -0.924. The Labute approximate surface area is 220 Å². The second-order valence-corrected chi connectivity index (χ2v) is 9.17. The van der Waals surface area contributed by atoms with Gasteiger partial charge in [-0.3, -0.25) is 9.59 Å². The van der Waals surface area contributed by atoms with Crippen LogP contribution in [0, 0.1) is 0 Å². The average Bonchev–Trinajstić information content (AvgIpc) is 3.11. The molecular weight excluding hydrogens is 509 g/mol. The van der Waals surface area contributed by atoms with Crippen molar-refractivity contribution in [3.05, 3.63) is 57.1 Å². The summed E-state index contributed by atoms with van der Waals surface area (Å²) < 4.78 is 22.0. The Morgan fingerprint density at radius 1 is 1.00 bits per heavy atom. The second kappa shape index (κ2) is 11.9. The number of aliphatic hydroxyl groups excluding tert-OH is 1. The number of carbonyl (C=O) groups is 2. The van der Waals surface area contributed by atoms with Gasteiger partial charge in [0, 0.05) is 18.7 Å². The third-order valence-corrected chi connectivity index (χ3v) is 6.47. The van der Waals surface area contributed by atoms with E-state index in [-0.39, 0.29) is 34.6 Å². The largest absolute Gasteiger partial charge is 0.507 e. The molecule has 3 rings (SSSR count). The summed E-state index contributed by atoms with van der Waals surface area (Å²) in [6.45, 7) is 4.45. The number of benzene rings is 2. The Morgan fingerprint density at radius 3 is 2.17 bits per heavy atom. The van der Waals surface area contributed by atoms with Gasteiger partial charge in [0.25, 0.3) is 11.7 Å². The summed E-state index contributed by atoms with van der Waals surface area (Å²) in [5.41, 5.74) is 0.663. The van der Waals surface area contributed by atoms with Gasteiger partial charge in [-0.2, -0.15) is 0 Å². The lowest BCUT2D eigenvalue weighted by molar-refractivity contribution is -0.140. The molecule has 1 N–H and O–H groups in total. The number of aliphatic hydroxyl groups is 1. The molecule has 1 saturated heterocycles. The zero-order valence-corrected chi connectivity index (χ0v) is 22.3. The summed E-state index contributed by atoms with van der Waals surface area (Å²) in [6, 6.07) is 6.85. The number of Topliss-reactive ketones (excluding diaryl/α,β-unsaturated/α-hetero) is 1. The van der Waals surface area contributed by atoms with Gasteiger partial charge < -0.3 is 29.0 Å². The highest BCUT2D eigenvalue weighted by molar-refractivity contribution is 6.47. The molecule has 36 heavy (non-hydrogen) atoms. The maximum atomic E-state index is 13.3. The summed E-state index contributed by atoms with van der Waals surface area (Å²) in [5.74, 6) is -0.880. The topological polar surface area (TPSA) is 94.5 Å². The molecule has 2 aromatic carbocycles. The average molecular weight is 538 g/mol. The molecule has 0 aromatic heterocycles. The van der Waals surface area contributed by atoms with Crippen LogP contribution in [-0.2, 0) is 14.3 Å². The standard InChI is InChI=1S/C26H29Cl2NO7/c1-14(2)36-10-6-9-29-22(16-12-19(33-3)25(35-5)20(13-16)34-4)21(24(31)26(29)32)23(30)15-7-8-17(27)18(28)11-15/h7-8,11-14,22,30H,6,9-10H2,1-5H3/b23-21+. The van der Waals surface area contributed by atoms with Gasteiger partial charge in [0.15, 0.2) is 11.5 Å². The van der Waals surface area contributed by atoms with Crippen molar-refractivity contribution in [1.29, 1.82) is 0 Å². The summed E-state index contributed by atoms with van der Waals surface area (Å²) in [4.78, 5) is 27.8. The maximum Gasteiger partial charge on any atom is 0.295 e. The first kappa shape index (κ1) is 27.6. The lowest BCUT2D eigenvalue weighted by Gasteiger charge is -2.26. The number of rotatable bonds is 10. The van der Waals surface area contributed by atoms with Crippen molar-refractivity contribution >= 4 is 40.7 Å². The lowest BCUT2D eigenvalue weighted by atomic mass is 9.94. The van der Waals surface area contributed by atoms with Crippen molar-refractivity contribution in [2.45, 2.75) is 32.4 Å². The minimum Gasteiger partial charge on any atom is -0.507 e. The Morgan fingerprint density at radius 2 is 1.64 bits per heavy atom. The van der Waals surface area contributed by atoms with Gasteiger partial charge in [-0.15, -0.1) is 0 Å². The summed E-state index contributed by atoms with van der Waals surface area (Å²) in [5, 5.41) is 11.7. The first-order valence-electron chi connectivity index (χ1n) is 11.3. The van der Waals surface area contributed by atoms with Gasteiger partial charge in [-0.1, -0.05) is 23.2 Å². The zero-order valence-electron chi connectivity index (χ0n) is 20.8. The molecule has 1 aliphatic rings. The number of methoxy groups -OCH3 is 3. The van der Waals surface area contributed by atoms with E-state index in [9.17, 15) is 14.7 Å². The van der Waals surface area contributed by atoms with Gasteiger partial charge in [0.2, 0.25) is 5.75 Å². The van der Waals surface area contributed by atoms with E-state index in [1.54, 1.807) is 12.1 Å². The Kier molecular flexibility index (Phi) is 9.11. The normalized spacial score (nSPS) is 17.1. The molecule has 0 saturated carbocycles. The van der Waals surface area contributed by atoms with E-state index in [1.807, 2.05) is 13.8 Å². The molecule has 0 spiro atoms. The fraction of sp³-hybridized carbons (Fsp3) is 0.385. The molecule has 1 aliphatic heterocycles. The van der Waals surface area contributed by atoms with Crippen LogP contribution >= 0.6 is 23.2 Å². The van der Waals surface area contributed by atoms with Crippen LogP contribution < -0.4 is 14.2 Å². The van der Waals surface area contributed by atoms with E-state index in [2.05, 4.69) is 0 Å². The monoisotopic (exact) mass is 537 g/mol. The zero-order chi connectivity index (χ0) is 26.6. The van der Waals surface area contributed by atoms with Crippen LogP contribution in [-0.4, -0.2) is 62.3 Å². The highest BCUT2D eigenvalue weighted by Crippen LogP contribution is 2.46. The molecule has 1 amide bonds. The highest BCUT2D eigenvalue weighted by Gasteiger charge is 2.46. The molecule has 10 heteroatoms. The van der Waals surface area contributed by atoms with Crippen molar-refractivity contribution in [3.8, 4) is 17.2 Å². The predicted octanol–water partition coefficient (Wildman–Crippen LogP) is 5.26. The molecule has 0 bridgehead atoms. The van der Waals surface area contributed by atoms with Crippen molar-refractivity contribution < 1.29 is 33.6 Å². The molecule has 1 fully saturated rings. The molecule has 194 valence electrons. The van der Waals surface area contributed by atoms with Gasteiger partial charge in [0.05, 0.1) is 49.1 Å². The van der Waals surface area contributed by atoms with Crippen LogP contribution in [0.1, 0.15) is 37.4 Å². The summed E-state index contributed by atoms with van der Waals surface area (Å²) in [6.07, 6.45) is 0.514. The summed E-state index contributed by atoms with van der Waals surface area (Å²) in [7, 11) is 4.42. The van der Waals surface area contributed by atoms with Crippen LogP contribution in [0.5, 0.6) is 17.2 Å². The highest BCUT2D eigenvalue weighted by atomic mass is 35.5. The number of nitrogens with zero attached hydrogens (tertiary/aromatic N) is 1. The van der Waals surface area contributed by atoms with Crippen molar-refractivity contribution in [3.63, 3.8) is 0 Å². The first-order chi connectivity index (χ1) is 17.1. The van der Waals surface area contributed by atoms with Crippen LogP contribution in [0.15, 0.2) is 35.9 Å². The number of likely N-dealkylation sites (tertiary alicyclic amines) is 1. The van der Waals surface area contributed by atoms with Crippen LogP contribution in [0.4, 0.5) is 0 Å². The van der Waals surface area contributed by atoms with E-state index >= 15 is 0 Å². The number of hydrogen-bond donors (Lipinski definition) is 1. The van der Waals surface area contributed by atoms with Crippen LogP contribution in [0.2, 0.25) is 10.0 Å². The second-order valence-electron chi connectivity index (χ2n) is 8.35. The fourth-order valence-corrected chi connectivity index (χ4v) is 4.37. The van der Waals surface area contributed by atoms with E-state index in [0.717, 1.165) is 0 Å². The molecular formula is C26H29Cl2NO7. The minimum absolute atomic E-state index is 0.0287. The van der Waals surface area contributed by atoms with Crippen molar-refractivity contribution in [2.24, 2.45) is 0 Å². The number of carbonyl (C=O) groups excluding carboxylic acids is 2. The number of ether oxygens (including phenoxy) is 4. The van der Waals surface area contributed by atoms with Crippen molar-refractivity contribution in [1.82, 2.24) is 4.90 Å². The van der Waals surface area contributed by atoms with E-state index in [4.69, 9.17) is 42.1 Å². The van der Waals surface area contributed by atoms with E-state index in [0.29, 0.717) is 40.9 Å². The van der Waals surface area contributed by atoms with Gasteiger partial charge in [-0.25, -0.2) is 0 Å². The number of amides is 1. The quantitative estimate of drug-likeness (QED) is 0.191. The predicted molar refractivity (Wildman–Crippen MR) is 137 cm³/mol. The smallest absolute Gasteiger partial charge is 0.295 e. The molecule has 0 radical (unpaired) electrons. The Bertz CT molecular complexity index is 1150. The maximum absolute atomic E-state index is 13.3. The third-order valence-electron chi connectivity index (χ3n) is 5.73. The third kappa shape index (κ3) is 5.56. The molecule has 2 aromatic rings. The Balaban J connectivity index is 2.18. The Hall–Kier alpha value is -2.94. The lowest BCUT2D eigenvalue weighted by Crippen LogP contribution is -2.31. The van der Waals surface area contributed by atoms with Gasteiger partial charge >= 0.3 is 0 Å². The molecule has 1 unspecified atom stereocenters. The molecule has 8 nitrogen and oxygen atoms in total. The number of ketones is 1. The SMILES string of the molecule is COc1cc(C2/C(=C(\O)c3ccc(Cl)c(Cl)c3)C(=O)C(=O)N2CCCOC(C)C)cc(OC)c1OC.